The van der Waals surface area contributed by atoms with Gasteiger partial charge in [-0.05, 0) is 34.9 Å². The topological polar surface area (TPSA) is 53.1 Å². The molecule has 0 aromatic heterocycles. The molecule has 1 fully saturated rings. The predicted molar refractivity (Wildman–Crippen MR) is 203 cm³/mol. The zero-order chi connectivity index (χ0) is 36.9. The molecule has 1 atom stereocenters. The van der Waals surface area contributed by atoms with Gasteiger partial charge in [0.15, 0.2) is 0 Å². The SMILES string of the molecule is [CH3][SnH]([CH3])[CH2]CCOc1ccc(CN(C(=O)C=Cc2ccc(C(F)(F)F)cc2)[C@@H](Cc2ccccc2)C(=O)N2CCN(Cc3ccccc3)CC2)cc1. The average Bonchev–Trinajstić information content (AvgIpc) is 3.15. The number of hydrogen-bond donors (Lipinski definition) is 0. The first-order valence-corrected chi connectivity index (χ1v) is 26.9. The van der Waals surface area contributed by atoms with E-state index in [4.69, 9.17) is 4.74 Å². The molecule has 10 heteroatoms. The molecule has 1 saturated heterocycles. The van der Waals surface area contributed by atoms with Crippen LogP contribution in [-0.2, 0) is 35.3 Å². The Kier molecular flexibility index (Phi) is 14.4. The van der Waals surface area contributed by atoms with Crippen molar-refractivity contribution in [3.63, 3.8) is 0 Å². The van der Waals surface area contributed by atoms with E-state index in [1.165, 1.54) is 34.3 Å². The Bertz CT molecular complexity index is 1730. The van der Waals surface area contributed by atoms with Crippen molar-refractivity contribution in [2.45, 2.75) is 52.5 Å². The van der Waals surface area contributed by atoms with E-state index >= 15 is 0 Å². The van der Waals surface area contributed by atoms with Crippen LogP contribution in [0.4, 0.5) is 13.2 Å². The Morgan fingerprint density at radius 3 is 2.02 bits per heavy atom. The number of hydrogen-bond acceptors (Lipinski definition) is 4. The van der Waals surface area contributed by atoms with Gasteiger partial charge >= 0.3 is 140 Å². The molecular formula is C42H48F3N3O3Sn. The zero-order valence-corrected chi connectivity index (χ0v) is 33.3. The Morgan fingerprint density at radius 2 is 1.42 bits per heavy atom. The van der Waals surface area contributed by atoms with Gasteiger partial charge in [0.1, 0.15) is 0 Å². The van der Waals surface area contributed by atoms with E-state index in [-0.39, 0.29) is 12.5 Å². The number of amides is 2. The number of nitrogens with zero attached hydrogens (tertiary/aromatic N) is 3. The van der Waals surface area contributed by atoms with Crippen LogP contribution in [0, 0.1) is 0 Å². The van der Waals surface area contributed by atoms with Crippen LogP contribution >= 0.6 is 0 Å². The summed E-state index contributed by atoms with van der Waals surface area (Å²) in [4.78, 5) is 39.3. The molecule has 0 saturated carbocycles. The van der Waals surface area contributed by atoms with Crippen LogP contribution in [-0.4, -0.2) is 85.1 Å². The average molecular weight is 819 g/mol. The van der Waals surface area contributed by atoms with E-state index in [0.29, 0.717) is 44.8 Å². The standard InChI is InChI=1S/C40H41F3N3O3.2CH3.Sn.H/c1-2-27-49-36-20-15-34(16-21-36)30-46(38(47)22-17-31-13-18-35(19-14-31)40(41,42)43)37(28-32-9-5-3-6-10-32)39(48)45-25-23-44(24-26-45)29-33-11-7-4-8-12-33;;;;/h3-22,37H,1-2,23-30H2;2*1H3;;/t37-;;;;/m0..../s1. The first-order valence-electron chi connectivity index (χ1n) is 18.0. The van der Waals surface area contributed by atoms with Gasteiger partial charge < -0.3 is 4.90 Å². The normalized spacial score (nSPS) is 14.5. The Morgan fingerprint density at radius 1 is 0.808 bits per heavy atom. The molecule has 5 rings (SSSR count). The second-order valence-corrected chi connectivity index (χ2v) is 23.3. The quantitative estimate of drug-likeness (QED) is 0.0695. The van der Waals surface area contributed by atoms with E-state index in [0.717, 1.165) is 42.0 Å². The second kappa shape index (κ2) is 19.1. The van der Waals surface area contributed by atoms with Crippen molar-refractivity contribution >= 4 is 37.6 Å². The van der Waals surface area contributed by atoms with Gasteiger partial charge in [-0.15, -0.1) is 0 Å². The molecule has 274 valence electrons. The molecule has 0 N–H and O–H groups in total. The van der Waals surface area contributed by atoms with Gasteiger partial charge in [-0.1, -0.05) is 72.8 Å². The summed E-state index contributed by atoms with van der Waals surface area (Å²) in [6, 6.07) is 31.4. The summed E-state index contributed by atoms with van der Waals surface area (Å²) in [5.74, 6) is 0.222. The zero-order valence-electron chi connectivity index (χ0n) is 30.0. The molecule has 2 amide bonds. The molecule has 0 unspecified atom stereocenters. The van der Waals surface area contributed by atoms with Crippen LogP contribution in [0.1, 0.15) is 34.2 Å². The molecule has 0 spiro atoms. The number of carbonyl (C=O) groups excluding carboxylic acids is 2. The predicted octanol–water partition coefficient (Wildman–Crippen LogP) is 7.96. The summed E-state index contributed by atoms with van der Waals surface area (Å²) in [5.41, 5.74) is 2.66. The summed E-state index contributed by atoms with van der Waals surface area (Å²) in [5, 5.41) is 0. The van der Waals surface area contributed by atoms with Gasteiger partial charge in [-0.2, -0.15) is 13.2 Å². The minimum absolute atomic E-state index is 0.130. The number of halogens is 3. The molecule has 1 heterocycles. The number of ether oxygens (including phenoxy) is 1. The maximum atomic E-state index is 14.5. The van der Waals surface area contributed by atoms with Crippen molar-refractivity contribution in [2.75, 3.05) is 32.8 Å². The van der Waals surface area contributed by atoms with Crippen LogP contribution < -0.4 is 4.74 Å². The summed E-state index contributed by atoms with van der Waals surface area (Å²) >= 11 is -1.28. The summed E-state index contributed by atoms with van der Waals surface area (Å²) in [7, 11) is 0. The molecule has 0 radical (unpaired) electrons. The molecular weight excluding hydrogens is 770 g/mol. The maximum absolute atomic E-state index is 14.5. The Balaban J connectivity index is 1.39. The number of piperazine rings is 1. The van der Waals surface area contributed by atoms with Gasteiger partial charge in [0, 0.05) is 32.7 Å². The molecule has 0 bridgehead atoms. The second-order valence-electron chi connectivity index (χ2n) is 13.7. The van der Waals surface area contributed by atoms with E-state index in [2.05, 4.69) is 26.9 Å². The number of rotatable bonds is 15. The molecule has 6 nitrogen and oxygen atoms in total. The van der Waals surface area contributed by atoms with Crippen LogP contribution in [0.2, 0.25) is 14.3 Å². The van der Waals surface area contributed by atoms with Gasteiger partial charge in [0.2, 0.25) is 0 Å². The van der Waals surface area contributed by atoms with Crippen molar-refractivity contribution < 1.29 is 27.5 Å². The molecule has 1 aliphatic heterocycles. The van der Waals surface area contributed by atoms with Gasteiger partial charge in [0.05, 0.1) is 5.56 Å². The van der Waals surface area contributed by atoms with Gasteiger partial charge in [-0.25, -0.2) is 0 Å². The first-order chi connectivity index (χ1) is 25.0. The van der Waals surface area contributed by atoms with Crippen molar-refractivity contribution in [3.05, 3.63) is 143 Å². The van der Waals surface area contributed by atoms with Gasteiger partial charge in [-0.3, -0.25) is 9.69 Å². The van der Waals surface area contributed by atoms with Crippen LogP contribution in [0.25, 0.3) is 6.08 Å². The van der Waals surface area contributed by atoms with Gasteiger partial charge in [0.25, 0.3) is 0 Å². The van der Waals surface area contributed by atoms with Crippen molar-refractivity contribution in [3.8, 4) is 5.75 Å². The molecule has 4 aromatic carbocycles. The third-order valence-electron chi connectivity index (χ3n) is 9.28. The molecule has 4 aromatic rings. The first kappa shape index (κ1) is 39.1. The minimum atomic E-state index is -4.45. The van der Waals surface area contributed by atoms with E-state index < -0.39 is 43.4 Å². The summed E-state index contributed by atoms with van der Waals surface area (Å²) in [6.45, 7) is 4.12. The third-order valence-corrected chi connectivity index (χ3v) is 13.7. The number of alkyl halides is 3. The van der Waals surface area contributed by atoms with Crippen molar-refractivity contribution in [2.24, 2.45) is 0 Å². The van der Waals surface area contributed by atoms with Crippen molar-refractivity contribution in [1.82, 2.24) is 14.7 Å². The van der Waals surface area contributed by atoms with E-state index in [1.54, 1.807) is 4.90 Å². The third kappa shape index (κ3) is 12.0. The van der Waals surface area contributed by atoms with Crippen LogP contribution in [0.15, 0.2) is 115 Å². The summed E-state index contributed by atoms with van der Waals surface area (Å²) in [6.07, 6.45) is -0.244. The number of carbonyl (C=O) groups is 2. The molecule has 52 heavy (non-hydrogen) atoms. The number of benzene rings is 4. The Labute approximate surface area is 312 Å². The van der Waals surface area contributed by atoms with E-state index in [1.807, 2.05) is 77.7 Å². The summed E-state index contributed by atoms with van der Waals surface area (Å²) < 4.78 is 46.8. The Hall–Kier alpha value is -4.09. The fourth-order valence-corrected chi connectivity index (χ4v) is 9.11. The van der Waals surface area contributed by atoms with Crippen LogP contribution in [0.5, 0.6) is 5.75 Å². The molecule has 1 aliphatic rings. The molecule has 0 aliphatic carbocycles. The van der Waals surface area contributed by atoms with Crippen molar-refractivity contribution in [1.29, 1.82) is 0 Å². The fraction of sp³-hybridized carbons (Fsp3) is 0.333. The van der Waals surface area contributed by atoms with Crippen LogP contribution in [0.3, 0.4) is 0 Å². The fourth-order valence-electron chi connectivity index (χ4n) is 6.30. The van der Waals surface area contributed by atoms with E-state index in [9.17, 15) is 22.8 Å². The monoisotopic (exact) mass is 819 g/mol.